The first kappa shape index (κ1) is 17.0. The molecule has 0 heterocycles. The molecule has 0 atom stereocenters. The van der Waals surface area contributed by atoms with E-state index in [9.17, 15) is 14.2 Å². The molecule has 7 nitrogen and oxygen atoms in total. The Hall–Kier alpha value is -1.01. The Bertz CT molecular complexity index is 538. The molecule has 0 aliphatic heterocycles. The zero-order valence-electron chi connectivity index (χ0n) is 11.9. The highest BCUT2D eigenvalue weighted by molar-refractivity contribution is 7.53. The fourth-order valence-electron chi connectivity index (χ4n) is 1.72. The summed E-state index contributed by atoms with van der Waals surface area (Å²) in [5.74, 6) is 0.0904. The van der Waals surface area contributed by atoms with Gasteiger partial charge in [-0.25, -0.2) is 0 Å². The molecule has 8 heteroatoms. The van der Waals surface area contributed by atoms with Crippen LogP contribution in [0.4, 0.5) is 0 Å². The van der Waals surface area contributed by atoms with E-state index in [0.717, 1.165) is 0 Å². The first-order valence-corrected chi connectivity index (χ1v) is 8.25. The van der Waals surface area contributed by atoms with Crippen molar-refractivity contribution in [1.82, 2.24) is 5.32 Å². The minimum absolute atomic E-state index is 0.0287. The van der Waals surface area contributed by atoms with Crippen molar-refractivity contribution in [3.8, 4) is 5.75 Å². The molecule has 0 unspecified atom stereocenters. The van der Waals surface area contributed by atoms with Gasteiger partial charge in [0.2, 0.25) is 5.43 Å². The van der Waals surface area contributed by atoms with Crippen LogP contribution in [0.3, 0.4) is 0 Å². The third-order valence-electron chi connectivity index (χ3n) is 2.51. The quantitative estimate of drug-likeness (QED) is 0.509. The van der Waals surface area contributed by atoms with Gasteiger partial charge in [-0.1, -0.05) is 0 Å². The summed E-state index contributed by atoms with van der Waals surface area (Å²) in [6, 6.07) is 0. The summed E-state index contributed by atoms with van der Waals surface area (Å²) in [6.07, 6.45) is -0.0287. The standard InChI is InChI=1S/C12H20NO6P/c1-4-17-12-9(10(14)11(12)15)7-13-8-20(16,18-5-2)19-6-3/h13H,4-8H2,1-3H3. The smallest absolute Gasteiger partial charge is 0.344 e. The molecule has 1 rings (SSSR count). The minimum atomic E-state index is -3.20. The van der Waals surface area contributed by atoms with Gasteiger partial charge >= 0.3 is 7.60 Å². The Kier molecular flexibility index (Phi) is 6.55. The number of rotatable bonds is 10. The molecule has 0 aliphatic rings. The normalized spacial score (nSPS) is 11.9. The van der Waals surface area contributed by atoms with Crippen LogP contribution in [0.25, 0.3) is 0 Å². The highest BCUT2D eigenvalue weighted by Crippen LogP contribution is 2.46. The van der Waals surface area contributed by atoms with Crippen molar-refractivity contribution in [2.75, 3.05) is 26.1 Å². The zero-order chi connectivity index (χ0) is 15.2. The molecule has 0 bridgehead atoms. The molecule has 20 heavy (non-hydrogen) atoms. The molecule has 0 radical (unpaired) electrons. The molecule has 1 aromatic rings. The van der Waals surface area contributed by atoms with Gasteiger partial charge in [0.05, 0.1) is 31.7 Å². The molecule has 1 N–H and O–H groups in total. The van der Waals surface area contributed by atoms with Gasteiger partial charge in [-0.2, -0.15) is 0 Å². The maximum absolute atomic E-state index is 12.1. The maximum atomic E-state index is 12.1. The lowest BCUT2D eigenvalue weighted by atomic mass is 10.1. The first-order valence-electron chi connectivity index (χ1n) is 6.52. The summed E-state index contributed by atoms with van der Waals surface area (Å²) in [7, 11) is -3.20. The molecule has 0 aromatic heterocycles. The van der Waals surface area contributed by atoms with Gasteiger partial charge in [-0.3, -0.25) is 14.2 Å². The lowest BCUT2D eigenvalue weighted by molar-refractivity contribution is 0.218. The molecule has 0 saturated carbocycles. The monoisotopic (exact) mass is 305 g/mol. The van der Waals surface area contributed by atoms with Gasteiger partial charge in [0.15, 0.2) is 5.75 Å². The number of hydrogen-bond acceptors (Lipinski definition) is 7. The highest BCUT2D eigenvalue weighted by atomic mass is 31.2. The van der Waals surface area contributed by atoms with E-state index >= 15 is 0 Å². The number of nitrogens with one attached hydrogen (secondary N) is 1. The second kappa shape index (κ2) is 7.69. The summed E-state index contributed by atoms with van der Waals surface area (Å²) < 4.78 is 27.4. The van der Waals surface area contributed by atoms with E-state index in [1.807, 2.05) is 0 Å². The van der Waals surface area contributed by atoms with Crippen LogP contribution < -0.4 is 20.9 Å². The van der Waals surface area contributed by atoms with E-state index in [2.05, 4.69) is 5.32 Å². The summed E-state index contributed by atoms with van der Waals surface area (Å²) in [6.45, 7) is 6.11. The van der Waals surface area contributed by atoms with Crippen LogP contribution in [0.1, 0.15) is 26.3 Å². The topological polar surface area (TPSA) is 90.9 Å². The van der Waals surface area contributed by atoms with E-state index in [1.54, 1.807) is 20.8 Å². The average Bonchev–Trinajstić information content (AvgIpc) is 2.42. The fourth-order valence-corrected chi connectivity index (χ4v) is 3.14. The second-order valence-corrected chi connectivity index (χ2v) is 5.98. The third-order valence-corrected chi connectivity index (χ3v) is 4.42. The number of hydrogen-bond donors (Lipinski definition) is 1. The van der Waals surface area contributed by atoms with E-state index in [1.165, 1.54) is 0 Å². The zero-order valence-corrected chi connectivity index (χ0v) is 12.8. The van der Waals surface area contributed by atoms with Crippen molar-refractivity contribution in [3.05, 3.63) is 26.0 Å². The molecule has 0 aliphatic carbocycles. The van der Waals surface area contributed by atoms with Gasteiger partial charge in [0, 0.05) is 6.54 Å². The Balaban J connectivity index is 2.60. The van der Waals surface area contributed by atoms with Crippen LogP contribution in [0, 0.1) is 0 Å². The molecular weight excluding hydrogens is 285 g/mol. The van der Waals surface area contributed by atoms with Gasteiger partial charge in [0.1, 0.15) is 0 Å². The van der Waals surface area contributed by atoms with Gasteiger partial charge in [-0.15, -0.1) is 0 Å². The van der Waals surface area contributed by atoms with E-state index in [-0.39, 0.29) is 37.4 Å². The lowest BCUT2D eigenvalue weighted by Gasteiger charge is -2.18. The highest BCUT2D eigenvalue weighted by Gasteiger charge is 2.25. The van der Waals surface area contributed by atoms with Crippen molar-refractivity contribution < 1.29 is 18.3 Å². The Morgan fingerprint density at radius 3 is 2.10 bits per heavy atom. The van der Waals surface area contributed by atoms with Crippen LogP contribution in [0.5, 0.6) is 5.75 Å². The van der Waals surface area contributed by atoms with Crippen molar-refractivity contribution >= 4 is 7.60 Å². The van der Waals surface area contributed by atoms with Crippen LogP contribution >= 0.6 is 7.60 Å². The molecule has 1 aromatic carbocycles. The van der Waals surface area contributed by atoms with Crippen molar-refractivity contribution in [1.29, 1.82) is 0 Å². The Morgan fingerprint density at radius 2 is 1.60 bits per heavy atom. The predicted octanol–water partition coefficient (Wildman–Crippen LogP) is 0.994. The summed E-state index contributed by atoms with van der Waals surface area (Å²) in [5.41, 5.74) is -0.901. The second-order valence-electron chi connectivity index (χ2n) is 3.93. The van der Waals surface area contributed by atoms with Gasteiger partial charge < -0.3 is 19.1 Å². The van der Waals surface area contributed by atoms with Crippen molar-refractivity contribution in [3.63, 3.8) is 0 Å². The van der Waals surface area contributed by atoms with Gasteiger partial charge in [0.25, 0.3) is 5.43 Å². The average molecular weight is 305 g/mol. The van der Waals surface area contributed by atoms with Crippen molar-refractivity contribution in [2.24, 2.45) is 0 Å². The van der Waals surface area contributed by atoms with Crippen LogP contribution in [0.15, 0.2) is 9.59 Å². The van der Waals surface area contributed by atoms with Crippen molar-refractivity contribution in [2.45, 2.75) is 27.3 Å². The third kappa shape index (κ3) is 3.99. The van der Waals surface area contributed by atoms with Crippen LogP contribution in [-0.4, -0.2) is 26.1 Å². The molecule has 0 amide bonds. The molecular formula is C12H20NO6P. The SMILES string of the molecule is CCOc1c(CNCP(=O)(OCC)OCC)c(=O)c1=O. The fraction of sp³-hybridized carbons (Fsp3) is 0.667. The van der Waals surface area contributed by atoms with E-state index in [0.29, 0.717) is 6.61 Å². The lowest BCUT2D eigenvalue weighted by Crippen LogP contribution is -2.39. The number of ether oxygens (including phenoxy) is 1. The molecule has 0 spiro atoms. The molecule has 0 saturated heterocycles. The largest absolute Gasteiger partial charge is 0.489 e. The summed E-state index contributed by atoms with van der Waals surface area (Å²) in [4.78, 5) is 22.7. The first-order chi connectivity index (χ1) is 9.49. The van der Waals surface area contributed by atoms with E-state index < -0.39 is 18.5 Å². The summed E-state index contributed by atoms with van der Waals surface area (Å²) in [5, 5.41) is 2.81. The van der Waals surface area contributed by atoms with E-state index in [4.69, 9.17) is 13.8 Å². The molecule has 0 fully saturated rings. The van der Waals surface area contributed by atoms with Crippen LogP contribution in [0.2, 0.25) is 0 Å². The molecule has 114 valence electrons. The predicted molar refractivity (Wildman–Crippen MR) is 75.1 cm³/mol. The minimum Gasteiger partial charge on any atom is -0.489 e. The Labute approximate surface area is 117 Å². The van der Waals surface area contributed by atoms with Crippen LogP contribution in [-0.2, 0) is 20.2 Å². The Morgan fingerprint density at radius 1 is 1.00 bits per heavy atom. The summed E-state index contributed by atoms with van der Waals surface area (Å²) >= 11 is 0. The maximum Gasteiger partial charge on any atom is 0.344 e. The van der Waals surface area contributed by atoms with Gasteiger partial charge in [-0.05, 0) is 20.8 Å².